The minimum Gasteiger partial charge on any atom is -0.338 e. The molecular formula is C27H19ClFN9O2. The lowest BCUT2D eigenvalue weighted by atomic mass is 10.0. The predicted octanol–water partition coefficient (Wildman–Crippen LogP) is 3.66. The zero-order valence-electron chi connectivity index (χ0n) is 20.7. The van der Waals surface area contributed by atoms with Gasteiger partial charge in [0.1, 0.15) is 18.0 Å². The van der Waals surface area contributed by atoms with E-state index in [-0.39, 0.29) is 29.0 Å². The number of anilines is 1. The predicted molar refractivity (Wildman–Crippen MR) is 142 cm³/mol. The first-order valence-corrected chi connectivity index (χ1v) is 13.2. The van der Waals surface area contributed by atoms with E-state index in [0.717, 1.165) is 17.7 Å². The first-order chi connectivity index (χ1) is 19.4. The summed E-state index contributed by atoms with van der Waals surface area (Å²) in [7, 11) is 0. The van der Waals surface area contributed by atoms with Crippen LogP contribution in [0.15, 0.2) is 53.6 Å². The average molecular weight is 556 g/mol. The van der Waals surface area contributed by atoms with Gasteiger partial charge < -0.3 is 10.3 Å². The van der Waals surface area contributed by atoms with Crippen molar-refractivity contribution in [1.82, 2.24) is 39.7 Å². The average Bonchev–Trinajstić information content (AvgIpc) is 3.23. The molecule has 1 saturated carbocycles. The molecule has 5 aromatic rings. The normalized spacial score (nSPS) is 20.6. The zero-order chi connectivity index (χ0) is 27.1. The summed E-state index contributed by atoms with van der Waals surface area (Å²) < 4.78 is 18.4. The molecule has 0 saturated heterocycles. The highest BCUT2D eigenvalue weighted by Crippen LogP contribution is 2.60. The lowest BCUT2D eigenvalue weighted by molar-refractivity contribution is -0.116. The van der Waals surface area contributed by atoms with Crippen LogP contribution >= 0.6 is 11.6 Å². The van der Waals surface area contributed by atoms with Gasteiger partial charge >= 0.3 is 0 Å². The molecule has 3 aromatic heterocycles. The number of amides is 1. The van der Waals surface area contributed by atoms with Crippen LogP contribution in [0.5, 0.6) is 0 Å². The number of hydrogen-bond donors (Lipinski definition) is 2. The summed E-state index contributed by atoms with van der Waals surface area (Å²) in [6.45, 7) is 0. The van der Waals surface area contributed by atoms with E-state index in [9.17, 15) is 9.59 Å². The van der Waals surface area contributed by atoms with Crippen LogP contribution in [0.3, 0.4) is 0 Å². The Hall–Kier alpha value is -4.71. The van der Waals surface area contributed by atoms with Gasteiger partial charge in [-0.2, -0.15) is 9.07 Å². The lowest BCUT2D eigenvalue weighted by Crippen LogP contribution is -2.27. The summed E-state index contributed by atoms with van der Waals surface area (Å²) in [5.41, 5.74) is 4.10. The third-order valence-corrected chi connectivity index (χ3v) is 8.16. The topological polar surface area (TPSA) is 136 Å². The van der Waals surface area contributed by atoms with Crippen molar-refractivity contribution in [2.75, 3.05) is 5.32 Å². The maximum atomic E-state index is 15.4. The van der Waals surface area contributed by atoms with Crippen molar-refractivity contribution >= 4 is 23.2 Å². The van der Waals surface area contributed by atoms with Gasteiger partial charge in [0.15, 0.2) is 0 Å². The fourth-order valence-corrected chi connectivity index (χ4v) is 6.17. The largest absolute Gasteiger partial charge is 0.338 e. The van der Waals surface area contributed by atoms with E-state index < -0.39 is 12.0 Å². The number of imidazole rings is 1. The first-order valence-electron chi connectivity index (χ1n) is 12.8. The van der Waals surface area contributed by atoms with Gasteiger partial charge in [-0.05, 0) is 71.1 Å². The zero-order valence-corrected chi connectivity index (χ0v) is 21.4. The number of nitrogens with zero attached hydrogens (tertiary/aromatic N) is 7. The van der Waals surface area contributed by atoms with E-state index in [2.05, 4.69) is 30.8 Å². The number of carbonyl (C=O) groups excluding carboxylic acids is 1. The second-order valence-corrected chi connectivity index (χ2v) is 10.7. The Morgan fingerprint density at radius 1 is 1.05 bits per heavy atom. The van der Waals surface area contributed by atoms with E-state index in [1.807, 2.05) is 6.07 Å². The van der Waals surface area contributed by atoms with E-state index in [4.69, 9.17) is 16.6 Å². The Labute approximate surface area is 230 Å². The summed E-state index contributed by atoms with van der Waals surface area (Å²) in [5.74, 6) is 0.397. The number of H-pyrrole nitrogens is 1. The minimum atomic E-state index is -0.642. The summed E-state index contributed by atoms with van der Waals surface area (Å²) >= 11 is 6.30. The van der Waals surface area contributed by atoms with Gasteiger partial charge in [-0.15, -0.1) is 5.10 Å². The molecule has 40 heavy (non-hydrogen) atoms. The van der Waals surface area contributed by atoms with Crippen molar-refractivity contribution in [3.8, 4) is 28.3 Å². The van der Waals surface area contributed by atoms with E-state index >= 15 is 4.39 Å². The number of aromatic nitrogens is 8. The molecule has 1 amide bonds. The van der Waals surface area contributed by atoms with Crippen LogP contribution in [0, 0.1) is 11.9 Å². The Bertz CT molecular complexity index is 1920. The lowest BCUT2D eigenvalue weighted by Gasteiger charge is -2.18. The van der Waals surface area contributed by atoms with Crippen LogP contribution in [0.2, 0.25) is 5.02 Å². The highest BCUT2D eigenvalue weighted by atomic mass is 35.5. The van der Waals surface area contributed by atoms with Crippen molar-refractivity contribution in [3.63, 3.8) is 0 Å². The molecule has 198 valence electrons. The van der Waals surface area contributed by atoms with Crippen molar-refractivity contribution in [3.05, 3.63) is 87.2 Å². The number of hydrogen-bond acceptors (Lipinski definition) is 7. The van der Waals surface area contributed by atoms with E-state index in [1.165, 1.54) is 17.1 Å². The van der Waals surface area contributed by atoms with Crippen molar-refractivity contribution in [2.24, 2.45) is 5.92 Å². The van der Waals surface area contributed by atoms with Crippen LogP contribution in [0.4, 0.5) is 10.1 Å². The maximum Gasteiger partial charge on any atom is 0.254 e. The molecule has 8 rings (SSSR count). The van der Waals surface area contributed by atoms with E-state index in [0.29, 0.717) is 52.0 Å². The summed E-state index contributed by atoms with van der Waals surface area (Å²) in [4.78, 5) is 37.5. The van der Waals surface area contributed by atoms with Gasteiger partial charge in [0.05, 0.1) is 23.1 Å². The fourth-order valence-electron chi connectivity index (χ4n) is 6.00. The quantitative estimate of drug-likeness (QED) is 0.345. The maximum absolute atomic E-state index is 15.4. The minimum absolute atomic E-state index is 0.0188. The second-order valence-electron chi connectivity index (χ2n) is 10.3. The smallest absolute Gasteiger partial charge is 0.254 e. The van der Waals surface area contributed by atoms with Crippen molar-refractivity contribution < 1.29 is 9.18 Å². The van der Waals surface area contributed by atoms with Gasteiger partial charge in [-0.3, -0.25) is 14.2 Å². The number of benzene rings is 2. The number of nitrogens with one attached hydrogen (secondary N) is 2. The number of halogens is 2. The van der Waals surface area contributed by atoms with Gasteiger partial charge in [0.2, 0.25) is 11.9 Å². The SMILES string of the molecule is O=C1CCc2cc(-c3nc(F)c(C4C5CC5c5nc(-c6cc(Cl)ccc6-n6cnnn6)cc(=O)n54)[nH]3)ccc2N1. The summed E-state index contributed by atoms with van der Waals surface area (Å²) in [6, 6.07) is 11.6. The molecule has 13 heteroatoms. The molecular weight excluding hydrogens is 537 g/mol. The molecule has 2 N–H and O–H groups in total. The highest BCUT2D eigenvalue weighted by molar-refractivity contribution is 6.31. The molecule has 0 spiro atoms. The molecule has 0 bridgehead atoms. The molecule has 3 atom stereocenters. The summed E-state index contributed by atoms with van der Waals surface area (Å²) in [6.07, 6.45) is 3.26. The molecule has 1 aliphatic carbocycles. The Morgan fingerprint density at radius 3 is 2.80 bits per heavy atom. The van der Waals surface area contributed by atoms with Crippen molar-refractivity contribution in [2.45, 2.75) is 31.2 Å². The van der Waals surface area contributed by atoms with Gasteiger partial charge in [-0.1, -0.05) is 11.6 Å². The van der Waals surface area contributed by atoms with Crippen LogP contribution in [0.1, 0.15) is 41.9 Å². The fraction of sp³-hybridized carbons (Fsp3) is 0.222. The first kappa shape index (κ1) is 23.2. The van der Waals surface area contributed by atoms with Gasteiger partial charge in [0.25, 0.3) is 5.56 Å². The third-order valence-electron chi connectivity index (χ3n) is 7.92. The van der Waals surface area contributed by atoms with Gasteiger partial charge in [0, 0.05) is 40.2 Å². The molecule has 3 aliphatic rings. The summed E-state index contributed by atoms with van der Waals surface area (Å²) in [5, 5.41) is 14.7. The Kier molecular flexibility index (Phi) is 4.87. The molecule has 11 nitrogen and oxygen atoms in total. The second kappa shape index (κ2) is 8.39. The number of aryl methyl sites for hydroxylation is 1. The van der Waals surface area contributed by atoms with E-state index in [1.54, 1.807) is 34.9 Å². The standard InChI is InChI=1S/C27H19ClFN9O2/c28-14-3-5-20(37-11-30-35-36-37)17(8-14)19-10-22(40)38-24(15-9-16(15)27(38)32-19)23-25(29)34-26(33-23)13-1-4-18-12(7-13)2-6-21(39)31-18/h1,3-5,7-8,10-11,15-16,24H,2,6,9H2,(H,31,39)(H,33,34). The highest BCUT2D eigenvalue weighted by Gasteiger charge is 2.56. The number of aromatic amines is 1. The number of fused-ring (bicyclic) bond motifs is 4. The molecule has 3 unspecified atom stereocenters. The monoisotopic (exact) mass is 555 g/mol. The van der Waals surface area contributed by atoms with Crippen LogP contribution in [-0.2, 0) is 11.2 Å². The molecule has 2 aromatic carbocycles. The Morgan fingerprint density at radius 2 is 1.95 bits per heavy atom. The van der Waals surface area contributed by atoms with Crippen LogP contribution < -0.4 is 10.9 Å². The number of tetrazole rings is 1. The van der Waals surface area contributed by atoms with Crippen molar-refractivity contribution in [1.29, 1.82) is 0 Å². The number of rotatable bonds is 4. The number of carbonyl (C=O) groups is 1. The molecule has 0 radical (unpaired) electrons. The molecule has 5 heterocycles. The van der Waals surface area contributed by atoms with Crippen LogP contribution in [0.25, 0.3) is 28.3 Å². The van der Waals surface area contributed by atoms with Gasteiger partial charge in [-0.25, -0.2) is 9.97 Å². The Balaban J connectivity index is 1.19. The molecule has 2 aliphatic heterocycles. The molecule has 1 fully saturated rings. The third kappa shape index (κ3) is 3.52. The van der Waals surface area contributed by atoms with Crippen LogP contribution in [-0.4, -0.2) is 45.6 Å².